The fourth-order valence-corrected chi connectivity index (χ4v) is 2.28. The molecule has 15 heavy (non-hydrogen) atoms. The summed E-state index contributed by atoms with van der Waals surface area (Å²) in [7, 11) is 0. The fourth-order valence-electron chi connectivity index (χ4n) is 2.28. The predicted molar refractivity (Wildman–Crippen MR) is 62.6 cm³/mol. The largest absolute Gasteiger partial charge is 0.0683 e. The van der Waals surface area contributed by atoms with Crippen LogP contribution < -0.4 is 0 Å². The molecule has 1 aliphatic carbocycles. The Kier molecular flexibility index (Phi) is 4.12. The second-order valence-electron chi connectivity index (χ2n) is 4.69. The van der Waals surface area contributed by atoms with Crippen LogP contribution in [0.25, 0.3) is 6.08 Å². The smallest absolute Gasteiger partial charge is 0 e. The van der Waals surface area contributed by atoms with Crippen molar-refractivity contribution < 1.29 is 26.2 Å². The van der Waals surface area contributed by atoms with Crippen molar-refractivity contribution in [2.75, 3.05) is 0 Å². The van der Waals surface area contributed by atoms with Crippen molar-refractivity contribution in [1.29, 1.82) is 0 Å². The molecule has 0 aromatic heterocycles. The summed E-state index contributed by atoms with van der Waals surface area (Å²) in [4.78, 5) is 0. The van der Waals surface area contributed by atoms with Crippen LogP contribution >= 0.6 is 0 Å². The van der Waals surface area contributed by atoms with E-state index >= 15 is 0 Å². The van der Waals surface area contributed by atoms with Crippen LogP contribution in [0, 0.1) is 6.92 Å². The Morgan fingerprint density at radius 1 is 1.13 bits per heavy atom. The maximum Gasteiger partial charge on any atom is 0 e. The molecular formula is C14H18Zr. The fraction of sp³-hybridized carbons (Fsp3) is 0.429. The normalized spacial score (nSPS) is 13.5. The molecule has 0 bridgehead atoms. The van der Waals surface area contributed by atoms with Crippen LogP contribution in [0.4, 0.5) is 0 Å². The molecule has 0 heterocycles. The third-order valence-electron chi connectivity index (χ3n) is 3.09. The first kappa shape index (κ1) is 12.9. The molecule has 0 N–H and O–H groups in total. The monoisotopic (exact) mass is 276 g/mol. The summed E-state index contributed by atoms with van der Waals surface area (Å²) < 4.78 is 0. The summed E-state index contributed by atoms with van der Waals surface area (Å²) >= 11 is 0. The molecule has 0 spiro atoms. The first-order valence-corrected chi connectivity index (χ1v) is 5.39. The van der Waals surface area contributed by atoms with Crippen molar-refractivity contribution in [2.24, 2.45) is 0 Å². The maximum absolute atomic E-state index is 2.36. The zero-order valence-electron chi connectivity index (χ0n) is 10.0. The maximum atomic E-state index is 2.36. The Morgan fingerprint density at radius 3 is 2.40 bits per heavy atom. The number of rotatable bonds is 1. The molecule has 0 saturated carbocycles. The minimum absolute atomic E-state index is 0. The Labute approximate surface area is 112 Å². The van der Waals surface area contributed by atoms with Gasteiger partial charge in [0.25, 0.3) is 0 Å². The third kappa shape index (κ3) is 2.33. The van der Waals surface area contributed by atoms with Gasteiger partial charge >= 0.3 is 0 Å². The summed E-state index contributed by atoms with van der Waals surface area (Å²) in [5.74, 6) is 0.631. The molecular weight excluding hydrogens is 259 g/mol. The quantitative estimate of drug-likeness (QED) is 0.726. The molecule has 1 aliphatic rings. The summed E-state index contributed by atoms with van der Waals surface area (Å²) in [6.45, 7) is 8.98. The first-order valence-electron chi connectivity index (χ1n) is 5.39. The zero-order chi connectivity index (χ0) is 10.3. The number of allylic oxidation sites excluding steroid dienone is 1. The van der Waals surface area contributed by atoms with Gasteiger partial charge < -0.3 is 0 Å². The van der Waals surface area contributed by atoms with Gasteiger partial charge in [0.05, 0.1) is 0 Å². The Hall–Kier alpha value is -0.157. The van der Waals surface area contributed by atoms with Crippen LogP contribution in [0.1, 0.15) is 48.9 Å². The Bertz CT molecular complexity index is 400. The van der Waals surface area contributed by atoms with Gasteiger partial charge in [-0.15, -0.1) is 0 Å². The molecule has 0 radical (unpaired) electrons. The van der Waals surface area contributed by atoms with Crippen molar-refractivity contribution in [3.8, 4) is 0 Å². The van der Waals surface area contributed by atoms with Crippen LogP contribution in [0.3, 0.4) is 0 Å². The van der Waals surface area contributed by atoms with Gasteiger partial charge in [0.1, 0.15) is 0 Å². The second kappa shape index (κ2) is 4.79. The van der Waals surface area contributed by atoms with E-state index in [-0.39, 0.29) is 26.2 Å². The van der Waals surface area contributed by atoms with Crippen LogP contribution in [-0.4, -0.2) is 0 Å². The van der Waals surface area contributed by atoms with E-state index in [0.717, 1.165) is 6.42 Å². The zero-order valence-corrected chi connectivity index (χ0v) is 12.5. The average Bonchev–Trinajstić information content (AvgIpc) is 2.47. The first-order chi connectivity index (χ1) is 6.59. The van der Waals surface area contributed by atoms with Crippen molar-refractivity contribution in [3.63, 3.8) is 0 Å². The minimum Gasteiger partial charge on any atom is -0.0683 e. The molecule has 1 aromatic carbocycles. The number of benzene rings is 1. The average molecular weight is 278 g/mol. The molecule has 1 heteroatoms. The number of aryl methyl sites for hydroxylation is 1. The van der Waals surface area contributed by atoms with Crippen LogP contribution in [0.15, 0.2) is 17.7 Å². The molecule has 1 aromatic rings. The standard InChI is InChI=1S/C14H18.Zr/c1-9(2)12-6-5-11(4)13-7-10(3)8-14(12)13;/h5-6,8-9H,7H2,1-4H3;. The third-order valence-corrected chi connectivity index (χ3v) is 3.09. The van der Waals surface area contributed by atoms with E-state index in [1.165, 1.54) is 22.3 Å². The Morgan fingerprint density at radius 2 is 1.80 bits per heavy atom. The van der Waals surface area contributed by atoms with Gasteiger partial charge in [-0.3, -0.25) is 0 Å². The molecule has 0 unspecified atom stereocenters. The minimum atomic E-state index is 0. The molecule has 78 valence electrons. The number of hydrogen-bond donors (Lipinski definition) is 0. The van der Waals surface area contributed by atoms with Crippen LogP contribution in [0.2, 0.25) is 0 Å². The van der Waals surface area contributed by atoms with Gasteiger partial charge in [-0.25, -0.2) is 0 Å². The Balaban J connectivity index is 0.00000112. The van der Waals surface area contributed by atoms with Crippen LogP contribution in [-0.2, 0) is 32.6 Å². The van der Waals surface area contributed by atoms with E-state index in [1.54, 1.807) is 5.56 Å². The second-order valence-corrected chi connectivity index (χ2v) is 4.69. The summed E-state index contributed by atoms with van der Waals surface area (Å²) in [5, 5.41) is 0. The van der Waals surface area contributed by atoms with Gasteiger partial charge in [0.15, 0.2) is 0 Å². The summed E-state index contributed by atoms with van der Waals surface area (Å²) in [6.07, 6.45) is 3.51. The van der Waals surface area contributed by atoms with E-state index in [4.69, 9.17) is 0 Å². The molecule has 0 atom stereocenters. The summed E-state index contributed by atoms with van der Waals surface area (Å²) in [6, 6.07) is 4.55. The molecule has 0 amide bonds. The van der Waals surface area contributed by atoms with Gasteiger partial charge in [-0.1, -0.05) is 37.6 Å². The van der Waals surface area contributed by atoms with Crippen molar-refractivity contribution >= 4 is 6.08 Å². The van der Waals surface area contributed by atoms with Gasteiger partial charge in [-0.2, -0.15) is 0 Å². The summed E-state index contributed by atoms with van der Waals surface area (Å²) in [5.41, 5.74) is 7.49. The van der Waals surface area contributed by atoms with Crippen molar-refractivity contribution in [2.45, 2.75) is 40.0 Å². The van der Waals surface area contributed by atoms with E-state index in [0.29, 0.717) is 5.92 Å². The molecule has 0 nitrogen and oxygen atoms in total. The van der Waals surface area contributed by atoms with E-state index in [1.807, 2.05) is 0 Å². The van der Waals surface area contributed by atoms with E-state index < -0.39 is 0 Å². The van der Waals surface area contributed by atoms with Gasteiger partial charge in [0, 0.05) is 26.2 Å². The van der Waals surface area contributed by atoms with E-state index in [2.05, 4.69) is 45.9 Å². The number of fused-ring (bicyclic) bond motifs is 1. The predicted octanol–water partition coefficient (Wildman–Crippen LogP) is 4.08. The molecule has 0 saturated heterocycles. The molecule has 0 aliphatic heterocycles. The van der Waals surface area contributed by atoms with Gasteiger partial charge in [-0.05, 0) is 48.4 Å². The van der Waals surface area contributed by atoms with Crippen LogP contribution in [0.5, 0.6) is 0 Å². The molecule has 2 rings (SSSR count). The van der Waals surface area contributed by atoms with Crippen molar-refractivity contribution in [3.05, 3.63) is 40.0 Å². The topological polar surface area (TPSA) is 0 Å². The van der Waals surface area contributed by atoms with E-state index in [9.17, 15) is 0 Å². The van der Waals surface area contributed by atoms with Crippen molar-refractivity contribution in [1.82, 2.24) is 0 Å². The molecule has 0 fully saturated rings. The number of hydrogen-bond acceptors (Lipinski definition) is 0. The SMILES string of the molecule is CC1=Cc2c(C(C)C)ccc(C)c2C1.[Zr]. The van der Waals surface area contributed by atoms with Gasteiger partial charge in [0.2, 0.25) is 0 Å².